The van der Waals surface area contributed by atoms with Crippen LogP contribution in [0, 0.1) is 0 Å². The van der Waals surface area contributed by atoms with Crippen LogP contribution in [0.15, 0.2) is 30.3 Å². The van der Waals surface area contributed by atoms with Crippen LogP contribution in [0.5, 0.6) is 0 Å². The summed E-state index contributed by atoms with van der Waals surface area (Å²) in [4.78, 5) is 11.8. The van der Waals surface area contributed by atoms with Gasteiger partial charge in [-0.05, 0) is 29.5 Å². The highest BCUT2D eigenvalue weighted by Crippen LogP contribution is 2.16. The Labute approximate surface area is 128 Å². The zero-order valence-electron chi connectivity index (χ0n) is 12.5. The monoisotopic (exact) mass is 301 g/mol. The summed E-state index contributed by atoms with van der Waals surface area (Å²) < 4.78 is 0. The second kappa shape index (κ2) is 7.13. The van der Waals surface area contributed by atoms with Crippen molar-refractivity contribution in [2.24, 2.45) is 0 Å². The van der Waals surface area contributed by atoms with Crippen molar-refractivity contribution < 1.29 is 4.79 Å². The molecule has 0 aliphatic rings. The lowest BCUT2D eigenvalue weighted by atomic mass is 10.0. The molecule has 1 heterocycles. The van der Waals surface area contributed by atoms with Crippen LogP contribution in [-0.4, -0.2) is 16.1 Å². The summed E-state index contributed by atoms with van der Waals surface area (Å²) in [6, 6.07) is 8.19. The molecule has 5 heteroatoms. The molecule has 0 atom stereocenters. The van der Waals surface area contributed by atoms with Gasteiger partial charge in [0.1, 0.15) is 5.01 Å². The fourth-order valence-electron chi connectivity index (χ4n) is 1.76. The van der Waals surface area contributed by atoms with Crippen LogP contribution < -0.4 is 5.32 Å². The van der Waals surface area contributed by atoms with E-state index in [-0.39, 0.29) is 5.91 Å². The molecule has 0 fully saturated rings. The third-order valence-corrected chi connectivity index (χ3v) is 4.01. The number of amides is 1. The first-order valence-corrected chi connectivity index (χ1v) is 7.81. The lowest BCUT2D eigenvalue weighted by Crippen LogP contribution is -2.07. The number of benzene rings is 1. The van der Waals surface area contributed by atoms with Gasteiger partial charge < -0.3 is 0 Å². The van der Waals surface area contributed by atoms with Crippen molar-refractivity contribution in [3.63, 3.8) is 0 Å². The standard InChI is InChI=1S/C16H19N3OS/c1-4-15-18-19-16(21-15)17-14(20)10-7-12-5-8-13(9-6-12)11(2)3/h5-11H,4H2,1-3H3,(H,17,19,20)/b10-7+. The third-order valence-electron chi connectivity index (χ3n) is 3.03. The molecule has 0 unspecified atom stereocenters. The average molecular weight is 301 g/mol. The van der Waals surface area contributed by atoms with E-state index in [1.54, 1.807) is 6.08 Å². The number of aromatic nitrogens is 2. The summed E-state index contributed by atoms with van der Waals surface area (Å²) >= 11 is 1.40. The molecule has 0 bridgehead atoms. The Balaban J connectivity index is 1.95. The van der Waals surface area contributed by atoms with Gasteiger partial charge in [-0.3, -0.25) is 10.1 Å². The molecular formula is C16H19N3OS. The molecule has 1 aromatic carbocycles. The molecule has 0 saturated heterocycles. The van der Waals surface area contributed by atoms with Gasteiger partial charge in [-0.1, -0.05) is 56.4 Å². The first-order valence-electron chi connectivity index (χ1n) is 7.00. The minimum atomic E-state index is -0.193. The van der Waals surface area contributed by atoms with Crippen molar-refractivity contribution in [2.45, 2.75) is 33.1 Å². The Bertz CT molecular complexity index is 629. The summed E-state index contributed by atoms with van der Waals surface area (Å²) in [7, 11) is 0. The molecule has 2 aromatic rings. The highest BCUT2D eigenvalue weighted by atomic mass is 32.1. The number of carbonyl (C=O) groups is 1. The van der Waals surface area contributed by atoms with Gasteiger partial charge in [0.15, 0.2) is 0 Å². The van der Waals surface area contributed by atoms with Crippen LogP contribution in [0.4, 0.5) is 5.13 Å². The number of hydrogen-bond donors (Lipinski definition) is 1. The molecule has 0 aliphatic carbocycles. The number of nitrogens with one attached hydrogen (secondary N) is 1. The fraction of sp³-hybridized carbons (Fsp3) is 0.312. The normalized spacial score (nSPS) is 11.2. The molecule has 4 nitrogen and oxygen atoms in total. The van der Waals surface area contributed by atoms with E-state index in [9.17, 15) is 4.79 Å². The zero-order chi connectivity index (χ0) is 15.2. The second-order valence-corrected chi connectivity index (χ2v) is 6.06. The predicted octanol–water partition coefficient (Wildman–Crippen LogP) is 3.88. The Morgan fingerprint density at radius 3 is 2.57 bits per heavy atom. The summed E-state index contributed by atoms with van der Waals surface area (Å²) in [6.45, 7) is 6.32. The lowest BCUT2D eigenvalue weighted by molar-refractivity contribution is -0.111. The maximum absolute atomic E-state index is 11.8. The summed E-state index contributed by atoms with van der Waals surface area (Å²) in [6.07, 6.45) is 4.13. The maximum atomic E-state index is 11.8. The number of anilines is 1. The van der Waals surface area contributed by atoms with Crippen molar-refractivity contribution in [2.75, 3.05) is 5.32 Å². The van der Waals surface area contributed by atoms with Gasteiger partial charge >= 0.3 is 0 Å². The molecule has 1 N–H and O–H groups in total. The van der Waals surface area contributed by atoms with E-state index in [2.05, 4.69) is 41.5 Å². The molecular weight excluding hydrogens is 282 g/mol. The number of hydrogen-bond acceptors (Lipinski definition) is 4. The topological polar surface area (TPSA) is 54.9 Å². The Morgan fingerprint density at radius 1 is 1.29 bits per heavy atom. The smallest absolute Gasteiger partial charge is 0.250 e. The molecule has 2 rings (SSSR count). The van der Waals surface area contributed by atoms with E-state index < -0.39 is 0 Å². The highest BCUT2D eigenvalue weighted by Gasteiger charge is 2.04. The molecule has 110 valence electrons. The van der Waals surface area contributed by atoms with E-state index in [0.29, 0.717) is 11.0 Å². The molecule has 0 spiro atoms. The maximum Gasteiger partial charge on any atom is 0.250 e. The summed E-state index contributed by atoms with van der Waals surface area (Å²) in [5.74, 6) is 0.318. The number of nitrogens with zero attached hydrogens (tertiary/aromatic N) is 2. The van der Waals surface area contributed by atoms with Crippen molar-refractivity contribution in [1.82, 2.24) is 10.2 Å². The number of rotatable bonds is 5. The summed E-state index contributed by atoms with van der Waals surface area (Å²) in [5, 5.41) is 12.0. The van der Waals surface area contributed by atoms with Gasteiger partial charge in [-0.2, -0.15) is 0 Å². The average Bonchev–Trinajstić information content (AvgIpc) is 2.93. The van der Waals surface area contributed by atoms with Crippen LogP contribution in [0.1, 0.15) is 42.8 Å². The molecule has 0 radical (unpaired) electrons. The zero-order valence-corrected chi connectivity index (χ0v) is 13.3. The van der Waals surface area contributed by atoms with Gasteiger partial charge in [0.05, 0.1) is 0 Å². The quantitative estimate of drug-likeness (QED) is 0.853. The van der Waals surface area contributed by atoms with Gasteiger partial charge in [0, 0.05) is 6.08 Å². The van der Waals surface area contributed by atoms with Gasteiger partial charge in [-0.15, -0.1) is 10.2 Å². The van der Waals surface area contributed by atoms with E-state index in [4.69, 9.17) is 0 Å². The molecule has 1 amide bonds. The largest absolute Gasteiger partial charge is 0.297 e. The van der Waals surface area contributed by atoms with E-state index in [1.165, 1.54) is 23.0 Å². The second-order valence-electron chi connectivity index (χ2n) is 5.00. The molecule has 21 heavy (non-hydrogen) atoms. The van der Waals surface area contributed by atoms with Crippen LogP contribution in [0.3, 0.4) is 0 Å². The SMILES string of the molecule is CCc1nnc(NC(=O)/C=C/c2ccc(C(C)C)cc2)s1. The van der Waals surface area contributed by atoms with Crippen molar-refractivity contribution in [1.29, 1.82) is 0 Å². The minimum absolute atomic E-state index is 0.193. The first kappa shape index (κ1) is 15.4. The Kier molecular flexibility index (Phi) is 5.22. The van der Waals surface area contributed by atoms with Crippen LogP contribution in [0.2, 0.25) is 0 Å². The molecule has 0 aliphatic heterocycles. The molecule has 0 saturated carbocycles. The van der Waals surface area contributed by atoms with E-state index in [0.717, 1.165) is 17.0 Å². The predicted molar refractivity (Wildman–Crippen MR) is 87.5 cm³/mol. The van der Waals surface area contributed by atoms with Gasteiger partial charge in [0.2, 0.25) is 11.0 Å². The van der Waals surface area contributed by atoms with Crippen molar-refractivity contribution in [3.05, 3.63) is 46.5 Å². The van der Waals surface area contributed by atoms with Crippen molar-refractivity contribution >= 4 is 28.5 Å². The number of aryl methyl sites for hydroxylation is 1. The van der Waals surface area contributed by atoms with Crippen LogP contribution >= 0.6 is 11.3 Å². The van der Waals surface area contributed by atoms with Gasteiger partial charge in [-0.25, -0.2) is 0 Å². The lowest BCUT2D eigenvalue weighted by Gasteiger charge is -2.04. The molecule has 1 aromatic heterocycles. The summed E-state index contributed by atoms with van der Waals surface area (Å²) in [5.41, 5.74) is 2.29. The third kappa shape index (κ3) is 4.49. The first-order chi connectivity index (χ1) is 10.1. The minimum Gasteiger partial charge on any atom is -0.297 e. The van der Waals surface area contributed by atoms with Crippen LogP contribution in [0.25, 0.3) is 6.08 Å². The Morgan fingerprint density at radius 2 is 2.00 bits per heavy atom. The van der Waals surface area contributed by atoms with Gasteiger partial charge in [0.25, 0.3) is 0 Å². The highest BCUT2D eigenvalue weighted by molar-refractivity contribution is 7.15. The number of carbonyl (C=O) groups excluding carboxylic acids is 1. The van der Waals surface area contributed by atoms with E-state index in [1.807, 2.05) is 19.1 Å². The Hall–Kier alpha value is -2.01. The van der Waals surface area contributed by atoms with Crippen LogP contribution in [-0.2, 0) is 11.2 Å². The van der Waals surface area contributed by atoms with Crippen molar-refractivity contribution in [3.8, 4) is 0 Å². The fourth-order valence-corrected chi connectivity index (χ4v) is 2.44. The van der Waals surface area contributed by atoms with E-state index >= 15 is 0 Å².